The van der Waals surface area contributed by atoms with Crippen molar-refractivity contribution in [1.82, 2.24) is 24.4 Å². The van der Waals surface area contributed by atoms with Crippen molar-refractivity contribution in [3.8, 4) is 0 Å². The Kier molecular flexibility index (Phi) is 5.27. The van der Waals surface area contributed by atoms with E-state index < -0.39 is 6.04 Å². The van der Waals surface area contributed by atoms with Crippen molar-refractivity contribution in [3.05, 3.63) is 35.0 Å². The first kappa shape index (κ1) is 16.7. The molecule has 0 aliphatic carbocycles. The molecule has 1 N–H and O–H groups in total. The summed E-state index contributed by atoms with van der Waals surface area (Å²) in [5, 5.41) is 6.97. The van der Waals surface area contributed by atoms with Crippen LogP contribution in [0.5, 0.6) is 0 Å². The number of aromatic nitrogens is 3. The zero-order chi connectivity index (χ0) is 16.9. The van der Waals surface area contributed by atoms with Gasteiger partial charge in [0.25, 0.3) is 5.56 Å². The van der Waals surface area contributed by atoms with Crippen LogP contribution in [0.3, 0.4) is 0 Å². The fourth-order valence-electron chi connectivity index (χ4n) is 2.83. The van der Waals surface area contributed by atoms with Crippen molar-refractivity contribution in [2.24, 2.45) is 0 Å². The minimum atomic E-state index is -0.638. The highest BCUT2D eigenvalue weighted by Gasteiger charge is 2.18. The molecule has 8 nitrogen and oxygen atoms in total. The van der Waals surface area contributed by atoms with E-state index in [1.807, 2.05) is 0 Å². The van der Waals surface area contributed by atoms with E-state index in [4.69, 9.17) is 4.74 Å². The average Bonchev–Trinajstić information content (AvgIpc) is 3.09. The van der Waals surface area contributed by atoms with Crippen LogP contribution in [-0.4, -0.2) is 64.4 Å². The Bertz CT molecular complexity index is 747. The molecule has 0 aromatic carbocycles. The van der Waals surface area contributed by atoms with Crippen LogP contribution >= 0.6 is 0 Å². The van der Waals surface area contributed by atoms with E-state index in [2.05, 4.69) is 15.3 Å². The van der Waals surface area contributed by atoms with E-state index in [0.717, 1.165) is 39.3 Å². The molecule has 0 radical (unpaired) electrons. The van der Waals surface area contributed by atoms with Gasteiger partial charge >= 0.3 is 0 Å². The molecule has 2 aromatic rings. The van der Waals surface area contributed by atoms with Crippen LogP contribution in [0.15, 0.2) is 29.5 Å². The molecule has 1 amide bonds. The van der Waals surface area contributed by atoms with Gasteiger partial charge in [0.2, 0.25) is 5.91 Å². The summed E-state index contributed by atoms with van der Waals surface area (Å²) in [6, 6.07) is 2.85. The van der Waals surface area contributed by atoms with Gasteiger partial charge in [0.05, 0.1) is 13.2 Å². The zero-order valence-corrected chi connectivity index (χ0v) is 13.9. The lowest BCUT2D eigenvalue weighted by atomic mass is 10.3. The predicted octanol–water partition coefficient (Wildman–Crippen LogP) is -0.104. The largest absolute Gasteiger partial charge is 0.379 e. The molecule has 3 heterocycles. The third-order valence-electron chi connectivity index (χ3n) is 4.31. The highest BCUT2D eigenvalue weighted by molar-refractivity contribution is 5.79. The maximum Gasteiger partial charge on any atom is 0.291 e. The number of hydrogen-bond acceptors (Lipinski definition) is 5. The Morgan fingerprint density at radius 3 is 3.00 bits per heavy atom. The third kappa shape index (κ3) is 3.65. The van der Waals surface area contributed by atoms with Gasteiger partial charge in [0.15, 0.2) is 0 Å². The summed E-state index contributed by atoms with van der Waals surface area (Å²) in [5.74, 6) is -0.192. The number of carbonyl (C=O) groups excluding carboxylic acids is 1. The summed E-state index contributed by atoms with van der Waals surface area (Å²) in [6.07, 6.45) is 4.17. The Balaban J connectivity index is 1.52. The lowest BCUT2D eigenvalue weighted by Crippen LogP contribution is -2.40. The molecule has 0 saturated carbocycles. The van der Waals surface area contributed by atoms with Crippen LogP contribution in [-0.2, 0) is 9.53 Å². The maximum absolute atomic E-state index is 12.4. The van der Waals surface area contributed by atoms with Crippen LogP contribution < -0.4 is 10.9 Å². The van der Waals surface area contributed by atoms with E-state index in [1.165, 1.54) is 4.68 Å². The minimum absolute atomic E-state index is 0.192. The Hall–Kier alpha value is -2.19. The van der Waals surface area contributed by atoms with E-state index >= 15 is 0 Å². The number of nitrogens with zero attached hydrogens (tertiary/aromatic N) is 4. The fourth-order valence-corrected chi connectivity index (χ4v) is 2.83. The second-order valence-electron chi connectivity index (χ2n) is 5.96. The second-order valence-corrected chi connectivity index (χ2v) is 5.96. The van der Waals surface area contributed by atoms with Crippen LogP contribution in [0.4, 0.5) is 0 Å². The van der Waals surface area contributed by atoms with Crippen molar-refractivity contribution in [2.45, 2.75) is 19.4 Å². The molecule has 1 unspecified atom stereocenters. The molecule has 1 fully saturated rings. The zero-order valence-electron chi connectivity index (χ0n) is 13.9. The maximum atomic E-state index is 12.4. The first-order valence-corrected chi connectivity index (χ1v) is 8.29. The fraction of sp³-hybridized carbons (Fsp3) is 0.562. The Morgan fingerprint density at radius 2 is 2.21 bits per heavy atom. The first-order valence-electron chi connectivity index (χ1n) is 8.29. The lowest BCUT2D eigenvalue weighted by Gasteiger charge is -2.26. The molecule has 1 aliphatic heterocycles. The van der Waals surface area contributed by atoms with E-state index in [-0.39, 0.29) is 11.5 Å². The van der Waals surface area contributed by atoms with Crippen molar-refractivity contribution in [1.29, 1.82) is 0 Å². The lowest BCUT2D eigenvalue weighted by molar-refractivity contribution is -0.124. The molecule has 1 atom stereocenters. The number of rotatable bonds is 6. The van der Waals surface area contributed by atoms with Crippen molar-refractivity contribution < 1.29 is 9.53 Å². The third-order valence-corrected chi connectivity index (χ3v) is 4.31. The normalized spacial score (nSPS) is 17.0. The summed E-state index contributed by atoms with van der Waals surface area (Å²) in [6.45, 7) is 6.66. The van der Waals surface area contributed by atoms with Gasteiger partial charge in [-0.05, 0) is 32.0 Å². The first-order chi connectivity index (χ1) is 11.7. The summed E-state index contributed by atoms with van der Waals surface area (Å²) < 4.78 is 8.18. The van der Waals surface area contributed by atoms with Crippen LogP contribution in [0.1, 0.15) is 19.4 Å². The molecule has 24 heavy (non-hydrogen) atoms. The summed E-state index contributed by atoms with van der Waals surface area (Å²) in [5.41, 5.74) is 0.246. The number of morpholine rings is 1. The van der Waals surface area contributed by atoms with Crippen LogP contribution in [0.2, 0.25) is 0 Å². The number of amides is 1. The van der Waals surface area contributed by atoms with Crippen LogP contribution in [0, 0.1) is 0 Å². The Labute approximate surface area is 140 Å². The quantitative estimate of drug-likeness (QED) is 0.747. The number of fused-ring (bicyclic) bond motifs is 1. The standard InChI is InChI=1S/C16H23N5O3/c1-13(21-16(23)14-4-2-7-20(14)12-18-21)15(22)17-5-3-6-19-8-10-24-11-9-19/h2,4,7,12-13H,3,5-6,8-11H2,1H3,(H,17,22). The van der Waals surface area contributed by atoms with Crippen molar-refractivity contribution >= 4 is 11.4 Å². The molecule has 0 spiro atoms. The number of hydrogen-bond donors (Lipinski definition) is 1. The molecule has 1 aliphatic rings. The minimum Gasteiger partial charge on any atom is -0.379 e. The molecule has 3 rings (SSSR count). The predicted molar refractivity (Wildman–Crippen MR) is 89.0 cm³/mol. The smallest absolute Gasteiger partial charge is 0.291 e. The summed E-state index contributed by atoms with van der Waals surface area (Å²) >= 11 is 0. The van der Waals surface area contributed by atoms with Gasteiger partial charge in [-0.3, -0.25) is 14.5 Å². The van der Waals surface area contributed by atoms with Crippen molar-refractivity contribution in [2.75, 3.05) is 39.4 Å². The molecule has 2 aromatic heterocycles. The van der Waals surface area contributed by atoms with Crippen LogP contribution in [0.25, 0.3) is 5.52 Å². The van der Waals surface area contributed by atoms with Gasteiger partial charge in [-0.15, -0.1) is 0 Å². The molecule has 1 saturated heterocycles. The highest BCUT2D eigenvalue weighted by Crippen LogP contribution is 2.03. The molecular weight excluding hydrogens is 310 g/mol. The molecule has 0 bridgehead atoms. The van der Waals surface area contributed by atoms with Gasteiger partial charge in [0, 0.05) is 25.8 Å². The summed E-state index contributed by atoms with van der Waals surface area (Å²) in [4.78, 5) is 26.9. The van der Waals surface area contributed by atoms with E-state index in [9.17, 15) is 9.59 Å². The average molecular weight is 333 g/mol. The monoisotopic (exact) mass is 333 g/mol. The topological polar surface area (TPSA) is 80.9 Å². The van der Waals surface area contributed by atoms with E-state index in [1.54, 1.807) is 36.0 Å². The van der Waals surface area contributed by atoms with Gasteiger partial charge in [0.1, 0.15) is 17.9 Å². The molecule has 8 heteroatoms. The second kappa shape index (κ2) is 7.59. The van der Waals surface area contributed by atoms with Gasteiger partial charge < -0.3 is 14.5 Å². The molecule has 130 valence electrons. The Morgan fingerprint density at radius 1 is 1.42 bits per heavy atom. The van der Waals surface area contributed by atoms with Gasteiger partial charge in [-0.1, -0.05) is 0 Å². The van der Waals surface area contributed by atoms with Gasteiger partial charge in [-0.25, -0.2) is 4.68 Å². The summed E-state index contributed by atoms with van der Waals surface area (Å²) in [7, 11) is 0. The number of nitrogens with one attached hydrogen (secondary N) is 1. The number of carbonyl (C=O) groups is 1. The SMILES string of the molecule is CC(C(=O)NCCCN1CCOCC1)n1ncn2cccc2c1=O. The highest BCUT2D eigenvalue weighted by atomic mass is 16.5. The van der Waals surface area contributed by atoms with Crippen molar-refractivity contribution in [3.63, 3.8) is 0 Å². The molecular formula is C16H23N5O3. The van der Waals surface area contributed by atoms with E-state index in [0.29, 0.717) is 12.1 Å². The van der Waals surface area contributed by atoms with Gasteiger partial charge in [-0.2, -0.15) is 5.10 Å². The number of ether oxygens (including phenoxy) is 1.